The number of amides is 2. The van der Waals surface area contributed by atoms with Crippen LogP contribution in [0.3, 0.4) is 0 Å². The van der Waals surface area contributed by atoms with E-state index in [4.69, 9.17) is 0 Å². The summed E-state index contributed by atoms with van der Waals surface area (Å²) in [4.78, 5) is 29.7. The monoisotopic (exact) mass is 476 g/mol. The topological polar surface area (TPSA) is 83.4 Å². The van der Waals surface area contributed by atoms with Crippen molar-refractivity contribution in [2.24, 2.45) is 0 Å². The molecule has 2 aliphatic rings. The molecule has 2 amide bonds. The van der Waals surface area contributed by atoms with Gasteiger partial charge < -0.3 is 15.1 Å². The molecule has 0 aliphatic carbocycles. The normalized spacial score (nSPS) is 17.9. The molecule has 0 bridgehead atoms. The molecule has 5 rings (SSSR count). The third-order valence-electron chi connectivity index (χ3n) is 6.25. The second-order valence-corrected chi connectivity index (χ2v) is 9.76. The summed E-state index contributed by atoms with van der Waals surface area (Å²) >= 11 is 1.38. The fraction of sp³-hybridized carbons (Fsp3) is 0.360. The van der Waals surface area contributed by atoms with Crippen LogP contribution in [0.1, 0.15) is 31.7 Å². The number of thioether (sulfide) groups is 1. The first-order chi connectivity index (χ1) is 16.5. The van der Waals surface area contributed by atoms with E-state index in [9.17, 15) is 9.59 Å². The number of benzene rings is 2. The van der Waals surface area contributed by atoms with E-state index in [0.717, 1.165) is 43.3 Å². The first-order valence-electron chi connectivity index (χ1n) is 11.6. The Hall–Kier alpha value is -3.33. The van der Waals surface area contributed by atoms with Gasteiger partial charge in [-0.1, -0.05) is 41.6 Å². The molecule has 9 heteroatoms. The van der Waals surface area contributed by atoms with Crippen LogP contribution in [0.15, 0.2) is 53.7 Å². The number of nitrogens with zero attached hydrogens (tertiary/aromatic N) is 5. The molecular weight excluding hydrogens is 448 g/mol. The van der Waals surface area contributed by atoms with E-state index in [2.05, 4.69) is 51.6 Å². The minimum atomic E-state index is -0.244. The van der Waals surface area contributed by atoms with Gasteiger partial charge >= 0.3 is 0 Å². The van der Waals surface area contributed by atoms with E-state index in [1.807, 2.05) is 35.8 Å². The number of carbonyl (C=O) groups is 2. The number of fused-ring (bicyclic) bond motifs is 1. The molecule has 1 atom stereocenters. The molecule has 34 heavy (non-hydrogen) atoms. The Bertz CT molecular complexity index is 1200. The second kappa shape index (κ2) is 9.50. The maximum atomic E-state index is 13.5. The Kier molecular flexibility index (Phi) is 6.28. The van der Waals surface area contributed by atoms with Crippen LogP contribution in [0.4, 0.5) is 17.3 Å². The number of aryl methyl sites for hydroxylation is 1. The molecule has 1 fully saturated rings. The molecule has 2 aromatic carbocycles. The van der Waals surface area contributed by atoms with E-state index >= 15 is 0 Å². The van der Waals surface area contributed by atoms with Gasteiger partial charge in [0, 0.05) is 25.6 Å². The van der Waals surface area contributed by atoms with Crippen molar-refractivity contribution in [3.8, 4) is 5.69 Å². The number of rotatable bonds is 5. The lowest BCUT2D eigenvalue weighted by Crippen LogP contribution is -2.40. The van der Waals surface area contributed by atoms with Crippen molar-refractivity contribution in [1.82, 2.24) is 14.8 Å². The molecule has 0 radical (unpaired) electrons. The van der Waals surface area contributed by atoms with Gasteiger partial charge in [-0.25, -0.2) is 0 Å². The SMILES string of the molecule is Cc1ccc(-n2c(SCC(=O)N3c4ccccc4NC(=O)C[C@H]3C)nnc2N2CCCC2)cc1. The van der Waals surface area contributed by atoms with Gasteiger partial charge in [0.2, 0.25) is 17.8 Å². The summed E-state index contributed by atoms with van der Waals surface area (Å²) in [6.07, 6.45) is 2.53. The summed E-state index contributed by atoms with van der Waals surface area (Å²) in [5.74, 6) is 0.858. The van der Waals surface area contributed by atoms with Gasteiger partial charge in [-0.15, -0.1) is 10.2 Å². The minimum Gasteiger partial charge on any atom is -0.341 e. The van der Waals surface area contributed by atoms with E-state index in [0.29, 0.717) is 10.8 Å². The molecule has 1 N–H and O–H groups in total. The smallest absolute Gasteiger partial charge is 0.237 e. The number of nitrogens with one attached hydrogen (secondary N) is 1. The lowest BCUT2D eigenvalue weighted by Gasteiger charge is -2.27. The molecule has 0 unspecified atom stereocenters. The first kappa shape index (κ1) is 22.5. The Labute approximate surface area is 203 Å². The average molecular weight is 477 g/mol. The summed E-state index contributed by atoms with van der Waals surface area (Å²) in [6.45, 7) is 5.88. The van der Waals surface area contributed by atoms with Crippen LogP contribution < -0.4 is 15.1 Å². The molecule has 0 saturated carbocycles. The predicted molar refractivity (Wildman–Crippen MR) is 135 cm³/mol. The summed E-state index contributed by atoms with van der Waals surface area (Å²) < 4.78 is 2.05. The fourth-order valence-electron chi connectivity index (χ4n) is 4.56. The van der Waals surface area contributed by atoms with Crippen molar-refractivity contribution in [3.63, 3.8) is 0 Å². The Morgan fingerprint density at radius 3 is 2.59 bits per heavy atom. The molecule has 2 aliphatic heterocycles. The highest BCUT2D eigenvalue weighted by Crippen LogP contribution is 2.33. The van der Waals surface area contributed by atoms with Gasteiger partial charge in [-0.2, -0.15) is 0 Å². The third kappa shape index (κ3) is 4.40. The summed E-state index contributed by atoms with van der Waals surface area (Å²) in [5.41, 5.74) is 3.55. The maximum Gasteiger partial charge on any atom is 0.237 e. The van der Waals surface area contributed by atoms with Gasteiger partial charge in [-0.3, -0.25) is 14.2 Å². The van der Waals surface area contributed by atoms with Crippen molar-refractivity contribution in [1.29, 1.82) is 0 Å². The van der Waals surface area contributed by atoms with Crippen LogP contribution in [0.5, 0.6) is 0 Å². The fourth-order valence-corrected chi connectivity index (χ4v) is 5.37. The number of carbonyl (C=O) groups excluding carboxylic acids is 2. The number of hydrogen-bond acceptors (Lipinski definition) is 6. The van der Waals surface area contributed by atoms with Crippen molar-refractivity contribution >= 4 is 40.9 Å². The quantitative estimate of drug-likeness (QED) is 0.560. The van der Waals surface area contributed by atoms with Gasteiger partial charge in [0.1, 0.15) is 0 Å². The number of para-hydroxylation sites is 2. The van der Waals surface area contributed by atoms with Crippen LogP contribution in [-0.2, 0) is 9.59 Å². The highest BCUT2D eigenvalue weighted by atomic mass is 32.2. The second-order valence-electron chi connectivity index (χ2n) is 8.82. The van der Waals surface area contributed by atoms with Gasteiger partial charge in [0.25, 0.3) is 0 Å². The molecule has 1 aromatic heterocycles. The summed E-state index contributed by atoms with van der Waals surface area (Å²) in [5, 5.41) is 12.6. The summed E-state index contributed by atoms with van der Waals surface area (Å²) in [7, 11) is 0. The van der Waals surface area contributed by atoms with Crippen LogP contribution in [-0.4, -0.2) is 51.5 Å². The first-order valence-corrected chi connectivity index (χ1v) is 12.6. The average Bonchev–Trinajstić information content (AvgIpc) is 3.47. The lowest BCUT2D eigenvalue weighted by molar-refractivity contribution is -0.117. The van der Waals surface area contributed by atoms with Crippen molar-refractivity contribution in [3.05, 3.63) is 54.1 Å². The van der Waals surface area contributed by atoms with Gasteiger partial charge in [0.15, 0.2) is 5.16 Å². The van der Waals surface area contributed by atoms with Crippen molar-refractivity contribution < 1.29 is 9.59 Å². The highest BCUT2D eigenvalue weighted by Gasteiger charge is 2.30. The zero-order chi connectivity index (χ0) is 23.7. The minimum absolute atomic E-state index is 0.0670. The highest BCUT2D eigenvalue weighted by molar-refractivity contribution is 7.99. The van der Waals surface area contributed by atoms with E-state index in [1.54, 1.807) is 4.90 Å². The lowest BCUT2D eigenvalue weighted by atomic mass is 10.2. The van der Waals surface area contributed by atoms with E-state index in [-0.39, 0.29) is 30.0 Å². The van der Waals surface area contributed by atoms with E-state index < -0.39 is 0 Å². The number of hydrogen-bond donors (Lipinski definition) is 1. The number of aromatic nitrogens is 3. The molecule has 3 aromatic rings. The Morgan fingerprint density at radius 1 is 1.09 bits per heavy atom. The zero-order valence-corrected chi connectivity index (χ0v) is 20.2. The van der Waals surface area contributed by atoms with Gasteiger partial charge in [-0.05, 0) is 51.0 Å². The van der Waals surface area contributed by atoms with Crippen LogP contribution in [0.25, 0.3) is 5.69 Å². The van der Waals surface area contributed by atoms with E-state index in [1.165, 1.54) is 17.3 Å². The van der Waals surface area contributed by atoms with Gasteiger partial charge in [0.05, 0.1) is 22.8 Å². The van der Waals surface area contributed by atoms with Crippen molar-refractivity contribution in [2.75, 3.05) is 34.0 Å². The van der Waals surface area contributed by atoms with Crippen LogP contribution in [0, 0.1) is 6.92 Å². The third-order valence-corrected chi connectivity index (χ3v) is 7.16. The molecular formula is C25H28N6O2S. The zero-order valence-electron chi connectivity index (χ0n) is 19.4. The molecule has 8 nitrogen and oxygen atoms in total. The van der Waals surface area contributed by atoms with Crippen LogP contribution in [0.2, 0.25) is 0 Å². The molecule has 3 heterocycles. The number of anilines is 3. The standard InChI is InChI=1S/C25H28N6O2S/c1-17-9-11-19(12-10-17)31-24(29-13-5-6-14-29)27-28-25(31)34-16-23(33)30-18(2)15-22(32)26-20-7-3-4-8-21(20)30/h3-4,7-12,18H,5-6,13-16H2,1-2H3,(H,26,32)/t18-/m1/s1. The molecule has 176 valence electrons. The largest absolute Gasteiger partial charge is 0.341 e. The Morgan fingerprint density at radius 2 is 1.82 bits per heavy atom. The van der Waals surface area contributed by atoms with Crippen LogP contribution >= 0.6 is 11.8 Å². The Balaban J connectivity index is 1.42. The predicted octanol–water partition coefficient (Wildman–Crippen LogP) is 4.03. The molecule has 1 saturated heterocycles. The molecule has 0 spiro atoms. The van der Waals surface area contributed by atoms with Crippen molar-refractivity contribution in [2.45, 2.75) is 44.3 Å². The maximum absolute atomic E-state index is 13.5. The summed E-state index contributed by atoms with van der Waals surface area (Å²) in [6, 6.07) is 15.5.